The molecule has 3 heterocycles. The van der Waals surface area contributed by atoms with E-state index < -0.39 is 29.2 Å². The van der Waals surface area contributed by atoms with Gasteiger partial charge in [0.05, 0.1) is 18.4 Å². The van der Waals surface area contributed by atoms with Crippen LogP contribution in [0.15, 0.2) is 42.0 Å². The zero-order valence-corrected chi connectivity index (χ0v) is 14.9. The predicted octanol–water partition coefficient (Wildman–Crippen LogP) is 0.328. The van der Waals surface area contributed by atoms with Crippen LogP contribution in [0.2, 0.25) is 0 Å². The molecule has 0 radical (unpaired) electrons. The topological polar surface area (TPSA) is 131 Å². The number of halogens is 1. The highest BCUT2D eigenvalue weighted by Crippen LogP contribution is 2.26. The van der Waals surface area contributed by atoms with Gasteiger partial charge in [0, 0.05) is 17.6 Å². The first-order valence-electron chi connectivity index (χ1n) is 7.98. The van der Waals surface area contributed by atoms with Crippen LogP contribution in [0.1, 0.15) is 15.5 Å². The summed E-state index contributed by atoms with van der Waals surface area (Å²) in [4.78, 5) is 41.6. The highest BCUT2D eigenvalue weighted by molar-refractivity contribution is 7.09. The lowest BCUT2D eigenvalue weighted by Gasteiger charge is -2.23. The number of rotatable bonds is 5. The third-order valence-corrected chi connectivity index (χ3v) is 4.95. The van der Waals surface area contributed by atoms with E-state index in [1.54, 1.807) is 11.4 Å². The summed E-state index contributed by atoms with van der Waals surface area (Å²) in [6.07, 6.45) is 2.70. The van der Waals surface area contributed by atoms with Gasteiger partial charge >= 0.3 is 6.03 Å². The van der Waals surface area contributed by atoms with Crippen LogP contribution in [0.4, 0.5) is 9.18 Å². The van der Waals surface area contributed by atoms with Crippen LogP contribution >= 0.6 is 11.3 Å². The van der Waals surface area contributed by atoms with Gasteiger partial charge in [0.2, 0.25) is 0 Å². The van der Waals surface area contributed by atoms with Crippen molar-refractivity contribution >= 4 is 29.2 Å². The number of nitrogens with zero attached hydrogens (tertiary/aromatic N) is 4. The Morgan fingerprint density at radius 2 is 2.21 bits per heavy atom. The minimum atomic E-state index is -1.50. The van der Waals surface area contributed by atoms with Crippen molar-refractivity contribution in [3.8, 4) is 5.69 Å². The summed E-state index contributed by atoms with van der Waals surface area (Å²) in [5.41, 5.74) is -1.19. The molecule has 3 aromatic rings. The van der Waals surface area contributed by atoms with Gasteiger partial charge in [-0.2, -0.15) is 9.90 Å². The van der Waals surface area contributed by atoms with Crippen molar-refractivity contribution in [3.05, 3.63) is 58.6 Å². The molecule has 4 rings (SSSR count). The molecular weight excluding hydrogens is 389 g/mol. The van der Waals surface area contributed by atoms with Crippen LogP contribution < -0.4 is 16.0 Å². The first-order chi connectivity index (χ1) is 13.5. The molecule has 1 atom stereocenters. The molecule has 1 aliphatic rings. The maximum Gasteiger partial charge on any atom is 0.322 e. The highest BCUT2D eigenvalue weighted by Gasteiger charge is 2.50. The lowest BCUT2D eigenvalue weighted by Crippen LogP contribution is -2.52. The Bertz CT molecular complexity index is 1070. The predicted molar refractivity (Wildman–Crippen MR) is 94.1 cm³/mol. The van der Waals surface area contributed by atoms with Crippen LogP contribution in [0.5, 0.6) is 0 Å². The molecule has 2 aromatic heterocycles. The molecule has 1 fully saturated rings. The number of hydrogen-bond donors (Lipinski definition) is 3. The maximum atomic E-state index is 13.3. The molecule has 1 unspecified atom stereocenters. The fourth-order valence-corrected chi connectivity index (χ4v) is 3.46. The molecule has 1 aliphatic heterocycles. The summed E-state index contributed by atoms with van der Waals surface area (Å²) in [5, 5.41) is 17.2. The maximum absolute atomic E-state index is 13.3. The number of amides is 4. The fourth-order valence-electron chi connectivity index (χ4n) is 2.67. The first-order valence-corrected chi connectivity index (χ1v) is 8.86. The van der Waals surface area contributed by atoms with Crippen molar-refractivity contribution in [2.75, 3.05) is 6.54 Å². The van der Waals surface area contributed by atoms with Gasteiger partial charge in [-0.05, 0) is 12.1 Å². The van der Waals surface area contributed by atoms with Crippen LogP contribution in [0, 0.1) is 5.82 Å². The summed E-state index contributed by atoms with van der Waals surface area (Å²) < 4.78 is 13.3. The second-order valence-corrected chi connectivity index (χ2v) is 6.73. The molecule has 0 saturated carbocycles. The fraction of sp³-hybridized carbons (Fsp3) is 0.125. The third-order valence-electron chi connectivity index (χ3n) is 4.02. The van der Waals surface area contributed by atoms with Gasteiger partial charge in [-0.25, -0.2) is 14.2 Å². The lowest BCUT2D eigenvalue weighted by molar-refractivity contribution is -0.124. The van der Waals surface area contributed by atoms with Gasteiger partial charge in [0.15, 0.2) is 11.2 Å². The van der Waals surface area contributed by atoms with Gasteiger partial charge in [0.1, 0.15) is 10.8 Å². The Morgan fingerprint density at radius 3 is 2.89 bits per heavy atom. The van der Waals surface area contributed by atoms with E-state index in [0.717, 1.165) is 4.80 Å². The summed E-state index contributed by atoms with van der Waals surface area (Å²) in [5.74, 6) is -1.70. The molecule has 1 saturated heterocycles. The number of carbonyl (C=O) groups is 3. The molecule has 4 amide bonds. The van der Waals surface area contributed by atoms with Crippen molar-refractivity contribution in [3.63, 3.8) is 0 Å². The zero-order chi connectivity index (χ0) is 19.7. The molecule has 0 bridgehead atoms. The van der Waals surface area contributed by atoms with E-state index >= 15 is 0 Å². The van der Waals surface area contributed by atoms with Gasteiger partial charge in [-0.1, -0.05) is 6.07 Å². The largest absolute Gasteiger partial charge is 0.347 e. The molecule has 0 aliphatic carbocycles. The molecule has 10 nitrogen and oxygen atoms in total. The van der Waals surface area contributed by atoms with Crippen molar-refractivity contribution in [1.82, 2.24) is 35.9 Å². The number of aromatic nitrogens is 4. The number of nitrogens with one attached hydrogen (secondary N) is 3. The summed E-state index contributed by atoms with van der Waals surface area (Å²) in [7, 11) is 0. The number of imide groups is 1. The second kappa shape index (κ2) is 6.81. The molecule has 142 valence electrons. The molecule has 0 spiro atoms. The third kappa shape index (κ3) is 3.09. The molecule has 28 heavy (non-hydrogen) atoms. The van der Waals surface area contributed by atoms with Gasteiger partial charge in [-0.3, -0.25) is 14.9 Å². The number of urea groups is 1. The number of hydrogen-bond acceptors (Lipinski definition) is 7. The molecular formula is C16H12FN7O3S. The summed E-state index contributed by atoms with van der Waals surface area (Å²) in [6, 6.07) is 4.90. The quantitative estimate of drug-likeness (QED) is 0.528. The van der Waals surface area contributed by atoms with E-state index in [0.29, 0.717) is 10.7 Å². The first kappa shape index (κ1) is 17.7. The van der Waals surface area contributed by atoms with Crippen LogP contribution in [-0.2, 0) is 10.3 Å². The minimum Gasteiger partial charge on any atom is -0.347 e. The standard InChI is InChI=1S/C16H12FN7O3S/c17-9-2-1-3-10(6-9)24-20-7-11(23-24)12(25)19-8-16(14-18-4-5-28-14)13(26)21-15(27)22-16/h1-7H,8H2,(H,19,25)(H2,21,22,26,27). The molecule has 12 heteroatoms. The highest BCUT2D eigenvalue weighted by atomic mass is 32.1. The summed E-state index contributed by atoms with van der Waals surface area (Å²) >= 11 is 1.17. The van der Waals surface area contributed by atoms with Crippen LogP contribution in [0.3, 0.4) is 0 Å². The van der Waals surface area contributed by atoms with Crippen molar-refractivity contribution in [2.45, 2.75) is 5.54 Å². The zero-order valence-electron chi connectivity index (χ0n) is 14.0. The smallest absolute Gasteiger partial charge is 0.322 e. The number of thiazole rings is 1. The Kier molecular flexibility index (Phi) is 4.31. The monoisotopic (exact) mass is 401 g/mol. The van der Waals surface area contributed by atoms with Gasteiger partial charge in [-0.15, -0.1) is 16.4 Å². The van der Waals surface area contributed by atoms with E-state index in [-0.39, 0.29) is 12.2 Å². The molecule has 1 aromatic carbocycles. The van der Waals surface area contributed by atoms with Crippen molar-refractivity contribution in [1.29, 1.82) is 0 Å². The van der Waals surface area contributed by atoms with E-state index in [2.05, 4.69) is 31.1 Å². The van der Waals surface area contributed by atoms with Crippen molar-refractivity contribution < 1.29 is 18.8 Å². The average Bonchev–Trinajstić information content (AvgIpc) is 3.41. The van der Waals surface area contributed by atoms with Gasteiger partial charge < -0.3 is 10.6 Å². The SMILES string of the molecule is O=C1NC(=O)C(CNC(=O)c2cnn(-c3cccc(F)c3)n2)(c2nccs2)N1. The molecule has 3 N–H and O–H groups in total. The van der Waals surface area contributed by atoms with E-state index in [1.165, 1.54) is 41.9 Å². The van der Waals surface area contributed by atoms with E-state index in [4.69, 9.17) is 0 Å². The van der Waals surface area contributed by atoms with Crippen LogP contribution in [-0.4, -0.2) is 44.4 Å². The van der Waals surface area contributed by atoms with Crippen molar-refractivity contribution in [2.24, 2.45) is 0 Å². The normalized spacial score (nSPS) is 18.6. The summed E-state index contributed by atoms with van der Waals surface area (Å²) in [6.45, 7) is -0.232. The lowest BCUT2D eigenvalue weighted by atomic mass is 10.0. The van der Waals surface area contributed by atoms with Gasteiger partial charge in [0.25, 0.3) is 11.8 Å². The Labute approximate surface area is 160 Å². The van der Waals surface area contributed by atoms with E-state index in [1.807, 2.05) is 0 Å². The Hall–Kier alpha value is -3.67. The van der Waals surface area contributed by atoms with Crippen LogP contribution in [0.25, 0.3) is 5.69 Å². The Balaban J connectivity index is 1.52. The Morgan fingerprint density at radius 1 is 1.36 bits per heavy atom. The second-order valence-electron chi connectivity index (χ2n) is 5.83. The number of benzene rings is 1. The minimum absolute atomic E-state index is 0.0386. The number of carbonyl (C=O) groups excluding carboxylic acids is 3. The average molecular weight is 401 g/mol. The van der Waals surface area contributed by atoms with E-state index in [9.17, 15) is 18.8 Å².